The van der Waals surface area contributed by atoms with Crippen LogP contribution < -0.4 is 10.1 Å². The van der Waals surface area contributed by atoms with Gasteiger partial charge in [-0.2, -0.15) is 0 Å². The van der Waals surface area contributed by atoms with Gasteiger partial charge < -0.3 is 15.2 Å². The number of anilines is 1. The van der Waals surface area contributed by atoms with E-state index in [2.05, 4.69) is 5.32 Å². The van der Waals surface area contributed by atoms with E-state index < -0.39 is 4.92 Å². The zero-order valence-electron chi connectivity index (χ0n) is 10.8. The summed E-state index contributed by atoms with van der Waals surface area (Å²) in [6.07, 6.45) is 0.576. The summed E-state index contributed by atoms with van der Waals surface area (Å²) in [7, 11) is 1.39. The van der Waals surface area contributed by atoms with Crippen molar-refractivity contribution in [2.75, 3.05) is 19.0 Å². The third-order valence-corrected chi connectivity index (χ3v) is 2.60. The molecule has 0 radical (unpaired) electrons. The third kappa shape index (κ3) is 3.59. The molecule has 6 nitrogen and oxygen atoms in total. The van der Waals surface area contributed by atoms with E-state index in [1.54, 1.807) is 12.1 Å². The van der Waals surface area contributed by atoms with Crippen LogP contribution in [0.5, 0.6) is 5.75 Å². The van der Waals surface area contributed by atoms with E-state index in [4.69, 9.17) is 9.84 Å². The molecule has 0 aliphatic rings. The van der Waals surface area contributed by atoms with Gasteiger partial charge in [-0.3, -0.25) is 10.1 Å². The highest BCUT2D eigenvalue weighted by Gasteiger charge is 2.19. The average molecular weight is 254 g/mol. The van der Waals surface area contributed by atoms with Gasteiger partial charge in [0.2, 0.25) is 0 Å². The van der Waals surface area contributed by atoms with E-state index in [0.29, 0.717) is 6.42 Å². The minimum atomic E-state index is -0.485. The van der Waals surface area contributed by atoms with E-state index in [9.17, 15) is 10.1 Å². The SMILES string of the molecule is COc1cc(NC(C)(C)CCO)ccc1[N+](=O)[O-]. The molecule has 1 aromatic carbocycles. The first kappa shape index (κ1) is 14.2. The fourth-order valence-corrected chi connectivity index (χ4v) is 1.64. The molecule has 6 heteroatoms. The Hall–Kier alpha value is -1.82. The fraction of sp³-hybridized carbons (Fsp3) is 0.500. The van der Waals surface area contributed by atoms with Crippen LogP contribution in [0.4, 0.5) is 11.4 Å². The molecule has 0 heterocycles. The second-order valence-electron chi connectivity index (χ2n) is 4.63. The normalized spacial score (nSPS) is 11.1. The van der Waals surface area contributed by atoms with Crippen LogP contribution in [-0.4, -0.2) is 29.3 Å². The molecule has 0 fully saturated rings. The second-order valence-corrected chi connectivity index (χ2v) is 4.63. The summed E-state index contributed by atoms with van der Waals surface area (Å²) in [5.41, 5.74) is 0.356. The van der Waals surface area contributed by atoms with Crippen LogP contribution in [0, 0.1) is 10.1 Å². The number of nitrogens with zero attached hydrogens (tertiary/aromatic N) is 1. The molecule has 1 aromatic rings. The largest absolute Gasteiger partial charge is 0.490 e. The molecule has 0 unspecified atom stereocenters. The lowest BCUT2D eigenvalue weighted by Crippen LogP contribution is -2.31. The van der Waals surface area contributed by atoms with Crippen LogP contribution in [0.1, 0.15) is 20.3 Å². The van der Waals surface area contributed by atoms with E-state index >= 15 is 0 Å². The van der Waals surface area contributed by atoms with Gasteiger partial charge in [-0.15, -0.1) is 0 Å². The number of aliphatic hydroxyl groups is 1. The Bertz CT molecular complexity index is 432. The highest BCUT2D eigenvalue weighted by atomic mass is 16.6. The number of nitrogens with one attached hydrogen (secondary N) is 1. The Morgan fingerprint density at radius 3 is 2.67 bits per heavy atom. The molecule has 100 valence electrons. The summed E-state index contributed by atoms with van der Waals surface area (Å²) >= 11 is 0. The lowest BCUT2D eigenvalue weighted by Gasteiger charge is -2.26. The van der Waals surface area contributed by atoms with Crippen molar-refractivity contribution in [2.24, 2.45) is 0 Å². The van der Waals surface area contributed by atoms with Crippen molar-refractivity contribution in [3.05, 3.63) is 28.3 Å². The van der Waals surface area contributed by atoms with Gasteiger partial charge in [0, 0.05) is 30.0 Å². The number of nitro groups is 1. The first-order valence-electron chi connectivity index (χ1n) is 5.61. The number of rotatable bonds is 6. The number of ether oxygens (including phenoxy) is 1. The van der Waals surface area contributed by atoms with Crippen LogP contribution >= 0.6 is 0 Å². The number of benzene rings is 1. The Morgan fingerprint density at radius 1 is 1.50 bits per heavy atom. The maximum absolute atomic E-state index is 10.8. The minimum absolute atomic E-state index is 0.0667. The molecule has 0 amide bonds. The zero-order valence-corrected chi connectivity index (χ0v) is 10.8. The predicted octanol–water partition coefficient (Wildman–Crippen LogP) is 2.18. The van der Waals surface area contributed by atoms with Gasteiger partial charge in [0.05, 0.1) is 12.0 Å². The lowest BCUT2D eigenvalue weighted by atomic mass is 10.0. The predicted molar refractivity (Wildman–Crippen MR) is 69.1 cm³/mol. The van der Waals surface area contributed by atoms with Crippen molar-refractivity contribution < 1.29 is 14.8 Å². The number of aliphatic hydroxyl groups excluding tert-OH is 1. The zero-order chi connectivity index (χ0) is 13.8. The van der Waals surface area contributed by atoms with Crippen LogP contribution in [0.25, 0.3) is 0 Å². The maximum Gasteiger partial charge on any atom is 0.311 e. The lowest BCUT2D eigenvalue weighted by molar-refractivity contribution is -0.385. The average Bonchev–Trinajstić information content (AvgIpc) is 2.27. The van der Waals surface area contributed by atoms with Crippen molar-refractivity contribution in [1.82, 2.24) is 0 Å². The smallest absolute Gasteiger partial charge is 0.311 e. The Balaban J connectivity index is 2.96. The van der Waals surface area contributed by atoms with Crippen molar-refractivity contribution >= 4 is 11.4 Å². The van der Waals surface area contributed by atoms with Crippen molar-refractivity contribution in [2.45, 2.75) is 25.8 Å². The summed E-state index contributed by atoms with van der Waals surface area (Å²) in [6, 6.07) is 4.60. The van der Waals surface area contributed by atoms with Crippen molar-refractivity contribution in [1.29, 1.82) is 0 Å². The number of methoxy groups -OCH3 is 1. The third-order valence-electron chi connectivity index (χ3n) is 2.60. The molecule has 0 bridgehead atoms. The van der Waals surface area contributed by atoms with Crippen LogP contribution in [0.2, 0.25) is 0 Å². The molecule has 0 aliphatic heterocycles. The Morgan fingerprint density at radius 2 is 2.17 bits per heavy atom. The number of nitro benzene ring substituents is 1. The van der Waals surface area contributed by atoms with Gasteiger partial charge >= 0.3 is 5.69 Å². The first-order chi connectivity index (χ1) is 8.39. The Labute approximate surface area is 106 Å². The van der Waals surface area contributed by atoms with E-state index in [1.165, 1.54) is 13.2 Å². The molecule has 18 heavy (non-hydrogen) atoms. The number of hydrogen-bond acceptors (Lipinski definition) is 5. The Kier molecular flexibility index (Phi) is 4.49. The van der Waals surface area contributed by atoms with Gasteiger partial charge in [0.1, 0.15) is 0 Å². The molecule has 0 aliphatic carbocycles. The topological polar surface area (TPSA) is 84.6 Å². The van der Waals surface area contributed by atoms with Crippen molar-refractivity contribution in [3.63, 3.8) is 0 Å². The monoisotopic (exact) mass is 254 g/mol. The quantitative estimate of drug-likeness (QED) is 0.600. The summed E-state index contributed by atoms with van der Waals surface area (Å²) in [6.45, 7) is 3.96. The minimum Gasteiger partial charge on any atom is -0.490 e. The van der Waals surface area contributed by atoms with Gasteiger partial charge in [-0.1, -0.05) is 0 Å². The van der Waals surface area contributed by atoms with Gasteiger partial charge in [0.25, 0.3) is 0 Å². The van der Waals surface area contributed by atoms with E-state index in [1.807, 2.05) is 13.8 Å². The van der Waals surface area contributed by atoms with Gasteiger partial charge in [-0.25, -0.2) is 0 Å². The molecule has 0 saturated carbocycles. The van der Waals surface area contributed by atoms with Crippen LogP contribution in [-0.2, 0) is 0 Å². The highest BCUT2D eigenvalue weighted by Crippen LogP contribution is 2.31. The molecule has 0 spiro atoms. The van der Waals surface area contributed by atoms with Crippen LogP contribution in [0.15, 0.2) is 18.2 Å². The van der Waals surface area contributed by atoms with Gasteiger partial charge in [0.15, 0.2) is 5.75 Å². The molecular formula is C12H18N2O4. The van der Waals surface area contributed by atoms with Gasteiger partial charge in [-0.05, 0) is 26.3 Å². The molecule has 0 saturated heterocycles. The standard InChI is InChI=1S/C12H18N2O4/c1-12(2,6-7-15)13-9-4-5-10(14(16)17)11(8-9)18-3/h4-5,8,13,15H,6-7H2,1-3H3. The molecule has 0 atom stereocenters. The molecule has 1 rings (SSSR count). The second kappa shape index (κ2) is 5.68. The van der Waals surface area contributed by atoms with Crippen molar-refractivity contribution in [3.8, 4) is 5.75 Å². The summed E-state index contributed by atoms with van der Waals surface area (Å²) in [4.78, 5) is 10.3. The molecular weight excluding hydrogens is 236 g/mol. The molecule has 2 N–H and O–H groups in total. The number of hydrogen-bond donors (Lipinski definition) is 2. The van der Waals surface area contributed by atoms with E-state index in [-0.39, 0.29) is 23.6 Å². The first-order valence-corrected chi connectivity index (χ1v) is 5.61. The highest BCUT2D eigenvalue weighted by molar-refractivity contribution is 5.58. The van der Waals surface area contributed by atoms with E-state index in [0.717, 1.165) is 5.69 Å². The summed E-state index contributed by atoms with van der Waals surface area (Å²) in [5.74, 6) is 0.213. The molecule has 0 aromatic heterocycles. The maximum atomic E-state index is 10.8. The van der Waals surface area contributed by atoms with Crippen LogP contribution in [0.3, 0.4) is 0 Å². The fourth-order valence-electron chi connectivity index (χ4n) is 1.64. The summed E-state index contributed by atoms with van der Waals surface area (Å²) in [5, 5.41) is 22.9. The summed E-state index contributed by atoms with van der Waals surface area (Å²) < 4.78 is 4.99.